The summed E-state index contributed by atoms with van der Waals surface area (Å²) in [5.74, 6) is -0.0625. The molecular weight excluding hydrogens is 207 g/mol. The number of aromatic nitrogens is 1. The van der Waals surface area contributed by atoms with E-state index in [1.165, 1.54) is 13.2 Å². The fourth-order valence-corrected chi connectivity index (χ4v) is 1.98. The molecule has 1 aromatic heterocycles. The monoisotopic (exact) mass is 222 g/mol. The van der Waals surface area contributed by atoms with Crippen LogP contribution in [-0.4, -0.2) is 18.2 Å². The van der Waals surface area contributed by atoms with Crippen molar-refractivity contribution in [1.82, 2.24) is 4.57 Å². The number of methoxy groups -OCH3 is 1. The maximum Gasteiger partial charge on any atom is 0.165 e. The van der Waals surface area contributed by atoms with Crippen LogP contribution in [-0.2, 0) is 13.5 Å². The zero-order valence-corrected chi connectivity index (χ0v) is 9.46. The average molecular weight is 222 g/mol. The van der Waals surface area contributed by atoms with Crippen LogP contribution in [0.2, 0.25) is 0 Å². The number of hydrogen-bond donors (Lipinski definition) is 1. The van der Waals surface area contributed by atoms with E-state index in [0.29, 0.717) is 6.54 Å². The van der Waals surface area contributed by atoms with E-state index in [9.17, 15) is 4.39 Å². The molecule has 16 heavy (non-hydrogen) atoms. The van der Waals surface area contributed by atoms with Gasteiger partial charge in [-0.3, -0.25) is 0 Å². The van der Waals surface area contributed by atoms with Gasteiger partial charge in [-0.05, 0) is 24.6 Å². The summed E-state index contributed by atoms with van der Waals surface area (Å²) in [7, 11) is 3.40. The first-order chi connectivity index (χ1) is 7.67. The number of aryl methyl sites for hydroxylation is 1. The van der Waals surface area contributed by atoms with Crippen LogP contribution >= 0.6 is 0 Å². The van der Waals surface area contributed by atoms with Crippen molar-refractivity contribution in [2.75, 3.05) is 13.7 Å². The zero-order chi connectivity index (χ0) is 11.7. The topological polar surface area (TPSA) is 40.2 Å². The highest BCUT2D eigenvalue weighted by Gasteiger charge is 2.11. The fourth-order valence-electron chi connectivity index (χ4n) is 1.98. The lowest BCUT2D eigenvalue weighted by molar-refractivity contribution is 0.387. The maximum absolute atomic E-state index is 13.6. The van der Waals surface area contributed by atoms with Crippen molar-refractivity contribution in [2.45, 2.75) is 6.42 Å². The van der Waals surface area contributed by atoms with Crippen LogP contribution in [0.1, 0.15) is 5.56 Å². The molecule has 0 spiro atoms. The molecular formula is C12H15FN2O. The van der Waals surface area contributed by atoms with Crippen LogP contribution in [0.3, 0.4) is 0 Å². The Morgan fingerprint density at radius 2 is 2.19 bits per heavy atom. The lowest BCUT2D eigenvalue weighted by Crippen LogP contribution is -2.02. The normalized spacial score (nSPS) is 11.0. The van der Waals surface area contributed by atoms with Crippen molar-refractivity contribution in [3.8, 4) is 5.75 Å². The molecule has 0 saturated carbocycles. The number of halogens is 1. The minimum atomic E-state index is -0.334. The molecule has 0 amide bonds. The molecule has 0 aliphatic rings. The first-order valence-electron chi connectivity index (χ1n) is 5.19. The number of nitrogens with zero attached hydrogens (tertiary/aromatic N) is 1. The SMILES string of the molecule is COc1cc2c(cc1F)c(CCN)cn2C. The van der Waals surface area contributed by atoms with Crippen molar-refractivity contribution < 1.29 is 9.13 Å². The van der Waals surface area contributed by atoms with E-state index in [0.717, 1.165) is 22.9 Å². The van der Waals surface area contributed by atoms with Gasteiger partial charge in [0, 0.05) is 24.7 Å². The van der Waals surface area contributed by atoms with Crippen LogP contribution in [0.4, 0.5) is 4.39 Å². The molecule has 0 fully saturated rings. The van der Waals surface area contributed by atoms with E-state index in [2.05, 4.69) is 0 Å². The Hall–Kier alpha value is -1.55. The van der Waals surface area contributed by atoms with Crippen LogP contribution in [0.5, 0.6) is 5.75 Å². The number of ether oxygens (including phenoxy) is 1. The summed E-state index contributed by atoms with van der Waals surface area (Å²) >= 11 is 0. The molecule has 1 heterocycles. The molecule has 1 aromatic carbocycles. The Morgan fingerprint density at radius 1 is 1.44 bits per heavy atom. The standard InChI is InChI=1S/C12H15FN2O/c1-15-7-8(3-4-14)9-5-10(13)12(16-2)6-11(9)15/h5-7H,3-4,14H2,1-2H3. The summed E-state index contributed by atoms with van der Waals surface area (Å²) in [6.45, 7) is 0.562. The van der Waals surface area contributed by atoms with Crippen LogP contribution in [0.25, 0.3) is 10.9 Å². The summed E-state index contributed by atoms with van der Waals surface area (Å²) in [4.78, 5) is 0. The van der Waals surface area contributed by atoms with Gasteiger partial charge in [0.15, 0.2) is 11.6 Å². The third-order valence-corrected chi connectivity index (χ3v) is 2.76. The van der Waals surface area contributed by atoms with Gasteiger partial charge in [-0.2, -0.15) is 0 Å². The van der Waals surface area contributed by atoms with E-state index in [-0.39, 0.29) is 11.6 Å². The van der Waals surface area contributed by atoms with Gasteiger partial charge < -0.3 is 15.0 Å². The fraction of sp³-hybridized carbons (Fsp3) is 0.333. The summed E-state index contributed by atoms with van der Waals surface area (Å²) in [6, 6.07) is 3.23. The largest absolute Gasteiger partial charge is 0.494 e. The number of rotatable bonds is 3. The molecule has 2 N–H and O–H groups in total. The highest BCUT2D eigenvalue weighted by atomic mass is 19.1. The highest BCUT2D eigenvalue weighted by molar-refractivity contribution is 5.85. The third-order valence-electron chi connectivity index (χ3n) is 2.76. The number of hydrogen-bond acceptors (Lipinski definition) is 2. The smallest absolute Gasteiger partial charge is 0.165 e. The third kappa shape index (κ3) is 1.65. The van der Waals surface area contributed by atoms with Gasteiger partial charge in [0.05, 0.1) is 12.6 Å². The Morgan fingerprint density at radius 3 is 2.81 bits per heavy atom. The van der Waals surface area contributed by atoms with Crippen molar-refractivity contribution in [2.24, 2.45) is 12.8 Å². The Labute approximate surface area is 93.6 Å². The molecule has 3 nitrogen and oxygen atoms in total. The van der Waals surface area contributed by atoms with Gasteiger partial charge in [0.1, 0.15) is 0 Å². The van der Waals surface area contributed by atoms with E-state index in [1.807, 2.05) is 17.8 Å². The predicted molar refractivity (Wildman–Crippen MR) is 62.2 cm³/mol. The lowest BCUT2D eigenvalue weighted by atomic mass is 10.1. The first kappa shape index (κ1) is 11.0. The number of fused-ring (bicyclic) bond motifs is 1. The average Bonchev–Trinajstić information content (AvgIpc) is 2.55. The second-order valence-corrected chi connectivity index (χ2v) is 3.81. The number of benzene rings is 1. The minimum Gasteiger partial charge on any atom is -0.494 e. The maximum atomic E-state index is 13.6. The molecule has 0 bridgehead atoms. The molecule has 2 rings (SSSR count). The zero-order valence-electron chi connectivity index (χ0n) is 9.46. The number of nitrogens with two attached hydrogens (primary N) is 1. The van der Waals surface area contributed by atoms with Crippen LogP contribution in [0.15, 0.2) is 18.3 Å². The van der Waals surface area contributed by atoms with Crippen molar-refractivity contribution in [3.63, 3.8) is 0 Å². The Balaban J connectivity index is 2.66. The van der Waals surface area contributed by atoms with E-state index in [4.69, 9.17) is 10.5 Å². The molecule has 86 valence electrons. The first-order valence-corrected chi connectivity index (χ1v) is 5.19. The molecule has 0 aliphatic carbocycles. The van der Waals surface area contributed by atoms with E-state index in [1.54, 1.807) is 6.07 Å². The molecule has 0 saturated heterocycles. The second-order valence-electron chi connectivity index (χ2n) is 3.81. The minimum absolute atomic E-state index is 0.271. The molecule has 0 radical (unpaired) electrons. The van der Waals surface area contributed by atoms with Gasteiger partial charge in [0.25, 0.3) is 0 Å². The van der Waals surface area contributed by atoms with Gasteiger partial charge in [-0.1, -0.05) is 0 Å². The van der Waals surface area contributed by atoms with E-state index >= 15 is 0 Å². The van der Waals surface area contributed by atoms with Crippen LogP contribution < -0.4 is 10.5 Å². The predicted octanol–water partition coefficient (Wildman–Crippen LogP) is 1.83. The quantitative estimate of drug-likeness (QED) is 0.860. The summed E-state index contributed by atoms with van der Waals surface area (Å²) < 4.78 is 20.5. The Bertz CT molecular complexity index is 519. The highest BCUT2D eigenvalue weighted by Crippen LogP contribution is 2.28. The lowest BCUT2D eigenvalue weighted by Gasteiger charge is -2.03. The van der Waals surface area contributed by atoms with Gasteiger partial charge in [-0.25, -0.2) is 4.39 Å². The van der Waals surface area contributed by atoms with Gasteiger partial charge >= 0.3 is 0 Å². The van der Waals surface area contributed by atoms with Crippen molar-refractivity contribution in [1.29, 1.82) is 0 Å². The molecule has 0 aliphatic heterocycles. The molecule has 0 atom stereocenters. The molecule has 4 heteroatoms. The van der Waals surface area contributed by atoms with Gasteiger partial charge in [0.2, 0.25) is 0 Å². The van der Waals surface area contributed by atoms with E-state index < -0.39 is 0 Å². The van der Waals surface area contributed by atoms with Crippen LogP contribution in [0, 0.1) is 5.82 Å². The summed E-state index contributed by atoms with van der Waals surface area (Å²) in [5, 5.41) is 0.909. The van der Waals surface area contributed by atoms with Gasteiger partial charge in [-0.15, -0.1) is 0 Å². The molecule has 0 unspecified atom stereocenters. The molecule has 2 aromatic rings. The van der Waals surface area contributed by atoms with Crippen molar-refractivity contribution >= 4 is 10.9 Å². The second kappa shape index (κ2) is 4.14. The Kier molecular flexibility index (Phi) is 2.83. The summed E-state index contributed by atoms with van der Waals surface area (Å²) in [5.41, 5.74) is 7.56. The van der Waals surface area contributed by atoms with Crippen molar-refractivity contribution in [3.05, 3.63) is 29.7 Å². The summed E-state index contributed by atoms with van der Waals surface area (Å²) in [6.07, 6.45) is 2.74.